The molecule has 0 saturated carbocycles. The molecule has 0 radical (unpaired) electrons. The first-order valence-electron chi connectivity index (χ1n) is 10.7. The number of aryl methyl sites for hydroxylation is 1. The van der Waals surface area contributed by atoms with Crippen molar-refractivity contribution < 1.29 is 9.26 Å². The van der Waals surface area contributed by atoms with Crippen LogP contribution in [0.4, 0.5) is 5.88 Å². The summed E-state index contributed by atoms with van der Waals surface area (Å²) >= 11 is 0. The van der Waals surface area contributed by atoms with Crippen molar-refractivity contribution in [2.45, 2.75) is 20.1 Å². The summed E-state index contributed by atoms with van der Waals surface area (Å²) in [7, 11) is 0. The highest BCUT2D eigenvalue weighted by Crippen LogP contribution is 2.37. The highest BCUT2D eigenvalue weighted by atomic mass is 16.5. The van der Waals surface area contributed by atoms with E-state index in [1.54, 1.807) is 6.26 Å². The summed E-state index contributed by atoms with van der Waals surface area (Å²) in [4.78, 5) is 1.98. The summed E-state index contributed by atoms with van der Waals surface area (Å²) < 4.78 is 11.6. The summed E-state index contributed by atoms with van der Waals surface area (Å²) in [5.74, 6) is 0.703. The molecule has 1 aromatic heterocycles. The molecule has 5 rings (SSSR count). The Morgan fingerprint density at radius 2 is 1.62 bits per heavy atom. The van der Waals surface area contributed by atoms with Crippen LogP contribution in [0.1, 0.15) is 34.2 Å². The van der Waals surface area contributed by atoms with Crippen LogP contribution in [0.25, 0.3) is 23.3 Å². The van der Waals surface area contributed by atoms with Crippen molar-refractivity contribution in [3.05, 3.63) is 119 Å². The minimum atomic E-state index is -0.310. The van der Waals surface area contributed by atoms with Gasteiger partial charge in [0.1, 0.15) is 6.26 Å². The summed E-state index contributed by atoms with van der Waals surface area (Å²) in [5, 5.41) is 4.11. The first kappa shape index (κ1) is 19.9. The van der Waals surface area contributed by atoms with Gasteiger partial charge in [0, 0.05) is 17.3 Å². The number of hydrogen-bond donors (Lipinski definition) is 0. The molecule has 2 heterocycles. The van der Waals surface area contributed by atoms with Gasteiger partial charge >= 0.3 is 0 Å². The SMILES string of the molecule is Cc1noc(N2C=COC2c2ccc(-c3ccccc3)c(/C=C/c3ccccc3)c2)c1C. The molecule has 0 fully saturated rings. The predicted octanol–water partition coefficient (Wildman–Crippen LogP) is 7.14. The lowest BCUT2D eigenvalue weighted by Crippen LogP contribution is -2.20. The van der Waals surface area contributed by atoms with Crippen LogP contribution < -0.4 is 4.90 Å². The second-order valence-corrected chi connectivity index (χ2v) is 7.84. The minimum Gasteiger partial charge on any atom is -0.472 e. The third-order valence-corrected chi connectivity index (χ3v) is 5.75. The first-order chi connectivity index (χ1) is 15.7. The van der Waals surface area contributed by atoms with Crippen molar-refractivity contribution in [3.63, 3.8) is 0 Å². The highest BCUT2D eigenvalue weighted by Gasteiger charge is 2.29. The van der Waals surface area contributed by atoms with Gasteiger partial charge in [-0.3, -0.25) is 4.90 Å². The molecule has 1 aliphatic rings. The van der Waals surface area contributed by atoms with E-state index in [0.717, 1.165) is 27.9 Å². The van der Waals surface area contributed by atoms with Gasteiger partial charge in [-0.15, -0.1) is 0 Å². The standard InChI is InChI=1S/C28H24N2O2/c1-20-21(2)29-32-27(20)30-17-18-31-28(30)25-15-16-26(23-11-7-4-8-12-23)24(19-25)14-13-22-9-5-3-6-10-22/h3-19,28H,1-2H3/b14-13+. The van der Waals surface area contributed by atoms with Crippen LogP contribution in [-0.2, 0) is 4.74 Å². The van der Waals surface area contributed by atoms with Crippen LogP contribution in [0.3, 0.4) is 0 Å². The Morgan fingerprint density at radius 3 is 2.34 bits per heavy atom. The van der Waals surface area contributed by atoms with Crippen molar-refractivity contribution in [1.29, 1.82) is 0 Å². The minimum absolute atomic E-state index is 0.310. The molecule has 4 heteroatoms. The van der Waals surface area contributed by atoms with Crippen molar-refractivity contribution in [3.8, 4) is 11.1 Å². The van der Waals surface area contributed by atoms with E-state index in [1.165, 1.54) is 11.1 Å². The molecule has 32 heavy (non-hydrogen) atoms. The van der Waals surface area contributed by atoms with E-state index >= 15 is 0 Å². The lowest BCUT2D eigenvalue weighted by atomic mass is 9.96. The number of rotatable bonds is 5. The maximum atomic E-state index is 5.97. The molecule has 1 unspecified atom stereocenters. The van der Waals surface area contributed by atoms with E-state index in [2.05, 4.69) is 71.9 Å². The molecule has 3 aromatic carbocycles. The van der Waals surface area contributed by atoms with E-state index in [9.17, 15) is 0 Å². The second-order valence-electron chi connectivity index (χ2n) is 7.84. The molecule has 0 aliphatic carbocycles. The number of hydrogen-bond acceptors (Lipinski definition) is 4. The quantitative estimate of drug-likeness (QED) is 0.322. The Balaban J connectivity index is 1.55. The lowest BCUT2D eigenvalue weighted by molar-refractivity contribution is 0.169. The van der Waals surface area contributed by atoms with Crippen molar-refractivity contribution in [1.82, 2.24) is 5.16 Å². The van der Waals surface area contributed by atoms with Crippen LogP contribution in [-0.4, -0.2) is 5.16 Å². The van der Waals surface area contributed by atoms with Gasteiger partial charge in [-0.1, -0.05) is 90.1 Å². The smallest absolute Gasteiger partial charge is 0.237 e. The molecule has 0 spiro atoms. The van der Waals surface area contributed by atoms with E-state index in [-0.39, 0.29) is 6.23 Å². The molecule has 4 aromatic rings. The third-order valence-electron chi connectivity index (χ3n) is 5.75. The van der Waals surface area contributed by atoms with Crippen LogP contribution in [0.2, 0.25) is 0 Å². The second kappa shape index (κ2) is 8.60. The molecule has 0 bridgehead atoms. The van der Waals surface area contributed by atoms with E-state index in [4.69, 9.17) is 9.26 Å². The Hall–Kier alpha value is -4.05. The number of ether oxygens (including phenoxy) is 1. The van der Waals surface area contributed by atoms with Gasteiger partial charge in [-0.05, 0) is 42.2 Å². The van der Waals surface area contributed by atoms with Gasteiger partial charge in [0.15, 0.2) is 0 Å². The van der Waals surface area contributed by atoms with Crippen LogP contribution in [0, 0.1) is 13.8 Å². The van der Waals surface area contributed by atoms with Gasteiger partial charge < -0.3 is 9.26 Å². The molecule has 158 valence electrons. The molecule has 0 amide bonds. The zero-order chi connectivity index (χ0) is 21.9. The van der Waals surface area contributed by atoms with Gasteiger partial charge in [-0.2, -0.15) is 0 Å². The number of nitrogens with zero attached hydrogens (tertiary/aromatic N) is 2. The fourth-order valence-electron chi connectivity index (χ4n) is 3.88. The van der Waals surface area contributed by atoms with Crippen LogP contribution in [0.5, 0.6) is 0 Å². The normalized spacial score (nSPS) is 15.4. The first-order valence-corrected chi connectivity index (χ1v) is 10.7. The topological polar surface area (TPSA) is 38.5 Å². The molecule has 0 saturated heterocycles. The van der Waals surface area contributed by atoms with Gasteiger partial charge in [-0.25, -0.2) is 0 Å². The fraction of sp³-hybridized carbons (Fsp3) is 0.107. The average Bonchev–Trinajstić information content (AvgIpc) is 3.45. The Kier molecular flexibility index (Phi) is 5.34. The number of aromatic nitrogens is 1. The van der Waals surface area contributed by atoms with Crippen LogP contribution >= 0.6 is 0 Å². The summed E-state index contributed by atoms with van der Waals surface area (Å²) in [6, 6.07) is 27.2. The van der Waals surface area contributed by atoms with Crippen molar-refractivity contribution >= 4 is 18.0 Å². The largest absolute Gasteiger partial charge is 0.472 e. The fourth-order valence-corrected chi connectivity index (χ4v) is 3.88. The molecular formula is C28H24N2O2. The third kappa shape index (κ3) is 3.83. The molecule has 1 aliphatic heterocycles. The van der Waals surface area contributed by atoms with Crippen LogP contribution in [0.15, 0.2) is 95.8 Å². The van der Waals surface area contributed by atoms with Gasteiger partial charge in [0.2, 0.25) is 12.1 Å². The molecule has 0 N–H and O–H groups in total. The Morgan fingerprint density at radius 1 is 0.875 bits per heavy atom. The van der Waals surface area contributed by atoms with E-state index in [1.807, 2.05) is 49.2 Å². The summed E-state index contributed by atoms with van der Waals surface area (Å²) in [5.41, 5.74) is 7.56. The van der Waals surface area contributed by atoms with Gasteiger partial charge in [0.25, 0.3) is 0 Å². The summed E-state index contributed by atoms with van der Waals surface area (Å²) in [6.45, 7) is 3.95. The molecular weight excluding hydrogens is 396 g/mol. The maximum absolute atomic E-state index is 5.97. The highest BCUT2D eigenvalue weighted by molar-refractivity contribution is 5.81. The van der Waals surface area contributed by atoms with Gasteiger partial charge in [0.05, 0.1) is 5.69 Å². The van der Waals surface area contributed by atoms with E-state index < -0.39 is 0 Å². The number of anilines is 1. The lowest BCUT2D eigenvalue weighted by Gasteiger charge is -2.23. The summed E-state index contributed by atoms with van der Waals surface area (Å²) in [6.07, 6.45) is 7.59. The van der Waals surface area contributed by atoms with Crippen molar-refractivity contribution in [2.75, 3.05) is 4.90 Å². The number of benzene rings is 3. The van der Waals surface area contributed by atoms with Crippen molar-refractivity contribution in [2.24, 2.45) is 0 Å². The maximum Gasteiger partial charge on any atom is 0.237 e. The molecule has 1 atom stereocenters. The Labute approximate surface area is 188 Å². The Bertz CT molecular complexity index is 1270. The predicted molar refractivity (Wildman–Crippen MR) is 129 cm³/mol. The molecule has 4 nitrogen and oxygen atoms in total. The zero-order valence-corrected chi connectivity index (χ0v) is 18.1. The monoisotopic (exact) mass is 420 g/mol. The van der Waals surface area contributed by atoms with E-state index in [0.29, 0.717) is 5.88 Å². The average molecular weight is 421 g/mol. The zero-order valence-electron chi connectivity index (χ0n) is 18.1.